The number of rotatable bonds is 5. The molecule has 1 aromatic carbocycles. The molecule has 1 atom stereocenters. The van der Waals surface area contributed by atoms with Crippen LogP contribution in [-0.4, -0.2) is 28.9 Å². The van der Waals surface area contributed by atoms with E-state index in [-0.39, 0.29) is 0 Å². The summed E-state index contributed by atoms with van der Waals surface area (Å²) in [6.45, 7) is 4.65. The summed E-state index contributed by atoms with van der Waals surface area (Å²) in [5, 5.41) is 4.55. The molecule has 2 aromatic rings. The molecule has 21 heavy (non-hydrogen) atoms. The minimum absolute atomic E-state index is 0.399. The molecule has 0 amide bonds. The van der Waals surface area contributed by atoms with Crippen LogP contribution in [0.15, 0.2) is 30.3 Å². The lowest BCUT2D eigenvalue weighted by Crippen LogP contribution is -2.34. The second-order valence-electron chi connectivity index (χ2n) is 5.13. The van der Waals surface area contributed by atoms with Gasteiger partial charge >= 0.3 is 5.97 Å². The van der Waals surface area contributed by atoms with E-state index in [0.29, 0.717) is 13.0 Å². The van der Waals surface area contributed by atoms with Crippen LogP contribution in [0.2, 0.25) is 0 Å². The van der Waals surface area contributed by atoms with Crippen molar-refractivity contribution in [3.8, 4) is 0 Å². The van der Waals surface area contributed by atoms with Crippen LogP contribution in [0.25, 0.3) is 0 Å². The number of aromatic nitrogens is 2. The maximum atomic E-state index is 11.5. The van der Waals surface area contributed by atoms with Gasteiger partial charge in [-0.05, 0) is 25.0 Å². The Morgan fingerprint density at radius 3 is 2.62 bits per heavy atom. The van der Waals surface area contributed by atoms with E-state index in [1.807, 2.05) is 36.7 Å². The Kier molecular flexibility index (Phi) is 4.75. The van der Waals surface area contributed by atoms with E-state index < -0.39 is 12.0 Å². The molecular weight excluding hydrogens is 266 g/mol. The first-order chi connectivity index (χ1) is 10.0. The number of hydrogen-bond donors (Lipinski definition) is 1. The molecule has 1 unspecified atom stereocenters. The minimum atomic E-state index is -0.651. The normalized spacial score (nSPS) is 12.2. The molecule has 0 radical (unpaired) electrons. The highest BCUT2D eigenvalue weighted by Gasteiger charge is 2.19. The molecule has 2 N–H and O–H groups in total. The number of carbonyl (C=O) groups is 1. The fourth-order valence-electron chi connectivity index (χ4n) is 2.39. The number of nitrogens with two attached hydrogens (primary N) is 1. The number of methoxy groups -OCH3 is 1. The second-order valence-corrected chi connectivity index (χ2v) is 5.13. The van der Waals surface area contributed by atoms with Crippen molar-refractivity contribution in [1.29, 1.82) is 0 Å². The Morgan fingerprint density at radius 1 is 1.33 bits per heavy atom. The van der Waals surface area contributed by atoms with Gasteiger partial charge in [-0.25, -0.2) is 0 Å². The molecule has 0 fully saturated rings. The Morgan fingerprint density at radius 2 is 2.00 bits per heavy atom. The SMILES string of the molecule is COC(=O)C(N)Cc1c(C)nn(Cc2ccccc2)c1C. The van der Waals surface area contributed by atoms with Crippen LogP contribution >= 0.6 is 0 Å². The highest BCUT2D eigenvalue weighted by Crippen LogP contribution is 2.16. The first-order valence-electron chi connectivity index (χ1n) is 6.93. The van der Waals surface area contributed by atoms with Crippen molar-refractivity contribution >= 4 is 5.97 Å². The van der Waals surface area contributed by atoms with Crippen LogP contribution in [0.3, 0.4) is 0 Å². The summed E-state index contributed by atoms with van der Waals surface area (Å²) in [5.74, 6) is -0.399. The van der Waals surface area contributed by atoms with Gasteiger partial charge in [-0.15, -0.1) is 0 Å². The summed E-state index contributed by atoms with van der Waals surface area (Å²) < 4.78 is 6.62. The van der Waals surface area contributed by atoms with Gasteiger partial charge in [0.15, 0.2) is 0 Å². The lowest BCUT2D eigenvalue weighted by Gasteiger charge is -2.10. The smallest absolute Gasteiger partial charge is 0.322 e. The number of ether oxygens (including phenoxy) is 1. The molecule has 5 heteroatoms. The fraction of sp³-hybridized carbons (Fsp3) is 0.375. The van der Waals surface area contributed by atoms with Crippen LogP contribution in [-0.2, 0) is 22.5 Å². The van der Waals surface area contributed by atoms with Crippen molar-refractivity contribution < 1.29 is 9.53 Å². The first kappa shape index (κ1) is 15.3. The van der Waals surface area contributed by atoms with Crippen LogP contribution in [0.1, 0.15) is 22.5 Å². The number of benzene rings is 1. The van der Waals surface area contributed by atoms with Gasteiger partial charge < -0.3 is 10.5 Å². The third-order valence-electron chi connectivity index (χ3n) is 3.63. The highest BCUT2D eigenvalue weighted by molar-refractivity contribution is 5.75. The maximum Gasteiger partial charge on any atom is 0.322 e. The largest absolute Gasteiger partial charge is 0.468 e. The Bertz CT molecular complexity index is 620. The molecule has 1 heterocycles. The number of nitrogens with zero attached hydrogens (tertiary/aromatic N) is 2. The van der Waals surface area contributed by atoms with E-state index in [0.717, 1.165) is 17.0 Å². The molecular formula is C16H21N3O2. The van der Waals surface area contributed by atoms with Gasteiger partial charge in [-0.2, -0.15) is 5.10 Å². The molecule has 112 valence electrons. The van der Waals surface area contributed by atoms with Gasteiger partial charge in [0, 0.05) is 12.1 Å². The number of carbonyl (C=O) groups excluding carboxylic acids is 1. The zero-order chi connectivity index (χ0) is 15.4. The van der Waals surface area contributed by atoms with Crippen molar-refractivity contribution in [2.24, 2.45) is 5.73 Å². The molecule has 5 nitrogen and oxygen atoms in total. The van der Waals surface area contributed by atoms with Crippen molar-refractivity contribution in [2.75, 3.05) is 7.11 Å². The van der Waals surface area contributed by atoms with Crippen LogP contribution in [0, 0.1) is 13.8 Å². The quantitative estimate of drug-likeness (QED) is 0.848. The average molecular weight is 287 g/mol. The van der Waals surface area contributed by atoms with Crippen LogP contribution in [0.5, 0.6) is 0 Å². The predicted molar refractivity (Wildman–Crippen MR) is 80.9 cm³/mol. The topological polar surface area (TPSA) is 70.1 Å². The summed E-state index contributed by atoms with van der Waals surface area (Å²) >= 11 is 0. The van der Waals surface area contributed by atoms with Crippen molar-refractivity contribution in [1.82, 2.24) is 9.78 Å². The highest BCUT2D eigenvalue weighted by atomic mass is 16.5. The number of esters is 1. The fourth-order valence-corrected chi connectivity index (χ4v) is 2.39. The van der Waals surface area contributed by atoms with Gasteiger partial charge in [-0.3, -0.25) is 9.48 Å². The van der Waals surface area contributed by atoms with Crippen molar-refractivity contribution in [3.63, 3.8) is 0 Å². The summed E-state index contributed by atoms with van der Waals surface area (Å²) in [6.07, 6.45) is 0.444. The summed E-state index contributed by atoms with van der Waals surface area (Å²) in [7, 11) is 1.35. The Hall–Kier alpha value is -2.14. The predicted octanol–water partition coefficient (Wildman–Crippen LogP) is 1.59. The van der Waals surface area contributed by atoms with Gasteiger partial charge in [0.2, 0.25) is 0 Å². The van der Waals surface area contributed by atoms with E-state index in [2.05, 4.69) is 22.0 Å². The maximum absolute atomic E-state index is 11.5. The number of hydrogen-bond acceptors (Lipinski definition) is 4. The summed E-state index contributed by atoms with van der Waals surface area (Å²) in [5.41, 5.74) is 10.00. The molecule has 2 rings (SSSR count). The summed E-state index contributed by atoms with van der Waals surface area (Å²) in [4.78, 5) is 11.5. The molecule has 0 aliphatic rings. The van der Waals surface area contributed by atoms with E-state index in [4.69, 9.17) is 5.73 Å². The van der Waals surface area contributed by atoms with E-state index >= 15 is 0 Å². The van der Waals surface area contributed by atoms with Gasteiger partial charge in [-0.1, -0.05) is 30.3 Å². The second kappa shape index (κ2) is 6.54. The Balaban J connectivity index is 2.19. The zero-order valence-electron chi connectivity index (χ0n) is 12.7. The van der Waals surface area contributed by atoms with E-state index in [9.17, 15) is 4.79 Å². The van der Waals surface area contributed by atoms with Gasteiger partial charge in [0.05, 0.1) is 19.3 Å². The van der Waals surface area contributed by atoms with E-state index in [1.54, 1.807) is 0 Å². The molecule has 0 aliphatic heterocycles. The van der Waals surface area contributed by atoms with Gasteiger partial charge in [0.25, 0.3) is 0 Å². The standard InChI is InChI=1S/C16H21N3O2/c1-11-14(9-15(17)16(20)21-3)12(2)19(18-11)10-13-7-5-4-6-8-13/h4-8,15H,9-10,17H2,1-3H3. The molecule has 0 bridgehead atoms. The summed E-state index contributed by atoms with van der Waals surface area (Å²) in [6, 6.07) is 9.49. The van der Waals surface area contributed by atoms with Crippen molar-refractivity contribution in [3.05, 3.63) is 52.8 Å². The monoisotopic (exact) mass is 287 g/mol. The zero-order valence-corrected chi connectivity index (χ0v) is 12.7. The third-order valence-corrected chi connectivity index (χ3v) is 3.63. The lowest BCUT2D eigenvalue weighted by atomic mass is 10.0. The molecule has 0 spiro atoms. The van der Waals surface area contributed by atoms with Crippen molar-refractivity contribution in [2.45, 2.75) is 32.9 Å². The first-order valence-corrected chi connectivity index (χ1v) is 6.93. The van der Waals surface area contributed by atoms with Crippen LogP contribution in [0.4, 0.5) is 0 Å². The Labute approximate surface area is 124 Å². The molecule has 0 aliphatic carbocycles. The van der Waals surface area contributed by atoms with E-state index in [1.165, 1.54) is 12.7 Å². The lowest BCUT2D eigenvalue weighted by molar-refractivity contribution is -0.142. The van der Waals surface area contributed by atoms with Gasteiger partial charge in [0.1, 0.15) is 6.04 Å². The molecule has 0 saturated carbocycles. The molecule has 0 saturated heterocycles. The molecule has 1 aromatic heterocycles. The minimum Gasteiger partial charge on any atom is -0.468 e. The number of aryl methyl sites for hydroxylation is 1. The van der Waals surface area contributed by atoms with Crippen LogP contribution < -0.4 is 5.73 Å². The average Bonchev–Trinajstić information content (AvgIpc) is 2.75. The third kappa shape index (κ3) is 3.49.